The van der Waals surface area contributed by atoms with Crippen molar-refractivity contribution in [1.29, 1.82) is 5.26 Å². The van der Waals surface area contributed by atoms with E-state index in [1.54, 1.807) is 12.1 Å². The van der Waals surface area contributed by atoms with Gasteiger partial charge in [-0.2, -0.15) is 5.26 Å². The number of nitriles is 1. The fourth-order valence-electron chi connectivity index (χ4n) is 1.33. The molecule has 0 radical (unpaired) electrons. The number of quaternary nitrogens is 1. The maximum absolute atomic E-state index is 11.5. The second-order valence-electron chi connectivity index (χ2n) is 4.35. The highest BCUT2D eigenvalue weighted by atomic mass is 16.5. The van der Waals surface area contributed by atoms with Crippen molar-refractivity contribution >= 4 is 11.7 Å². The van der Waals surface area contributed by atoms with E-state index in [0.717, 1.165) is 5.69 Å². The lowest BCUT2D eigenvalue weighted by Gasteiger charge is -2.23. The quantitative estimate of drug-likeness (QED) is 0.560. The summed E-state index contributed by atoms with van der Waals surface area (Å²) >= 11 is 0. The van der Waals surface area contributed by atoms with Crippen molar-refractivity contribution in [2.45, 2.75) is 0 Å². The average Bonchev–Trinajstić information content (AvgIpc) is 2.25. The minimum absolute atomic E-state index is 0.315. The number of benzene rings is 1. The molecule has 1 aromatic rings. The summed E-state index contributed by atoms with van der Waals surface area (Å²) in [6.45, 7) is 0. The Morgan fingerprint density at radius 1 is 1.38 bits per heavy atom. The van der Waals surface area contributed by atoms with Crippen molar-refractivity contribution in [3.63, 3.8) is 0 Å². The monoisotopic (exact) mass is 219 g/mol. The molecule has 0 saturated carbocycles. The predicted molar refractivity (Wildman–Crippen MR) is 62.1 cm³/mol. The van der Waals surface area contributed by atoms with Crippen molar-refractivity contribution in [3.8, 4) is 6.07 Å². The molecular formula is C12H15N2O2+. The largest absolute Gasteiger partial charge is 0.465 e. The van der Waals surface area contributed by atoms with E-state index in [0.29, 0.717) is 15.6 Å². The third kappa shape index (κ3) is 2.38. The number of rotatable bonds is 2. The topological polar surface area (TPSA) is 50.1 Å². The molecule has 1 rings (SSSR count). The molecule has 16 heavy (non-hydrogen) atoms. The van der Waals surface area contributed by atoms with Crippen LogP contribution in [-0.2, 0) is 4.74 Å². The Labute approximate surface area is 95.3 Å². The second-order valence-corrected chi connectivity index (χ2v) is 4.35. The number of hydrogen-bond donors (Lipinski definition) is 0. The van der Waals surface area contributed by atoms with Crippen LogP contribution in [0.5, 0.6) is 0 Å². The van der Waals surface area contributed by atoms with Crippen LogP contribution in [0.1, 0.15) is 15.9 Å². The minimum atomic E-state index is -0.480. The average molecular weight is 219 g/mol. The SMILES string of the molecule is COC(=O)c1cc([N+](C)(C)C)ccc1C#N. The number of methoxy groups -OCH3 is 1. The molecule has 0 aliphatic carbocycles. The van der Waals surface area contributed by atoms with Gasteiger partial charge in [-0.25, -0.2) is 4.79 Å². The molecule has 0 heterocycles. The van der Waals surface area contributed by atoms with Crippen LogP contribution in [0.4, 0.5) is 5.69 Å². The molecule has 0 aromatic heterocycles. The molecule has 0 aliphatic rings. The minimum Gasteiger partial charge on any atom is -0.465 e. The van der Waals surface area contributed by atoms with Crippen LogP contribution in [0.3, 0.4) is 0 Å². The number of esters is 1. The third-order valence-electron chi connectivity index (χ3n) is 2.30. The van der Waals surface area contributed by atoms with E-state index in [4.69, 9.17) is 5.26 Å². The van der Waals surface area contributed by atoms with Crippen molar-refractivity contribution in [2.24, 2.45) is 0 Å². The smallest absolute Gasteiger partial charge is 0.339 e. The van der Waals surface area contributed by atoms with Crippen LogP contribution in [0.15, 0.2) is 18.2 Å². The first-order valence-corrected chi connectivity index (χ1v) is 4.84. The molecule has 0 fully saturated rings. The van der Waals surface area contributed by atoms with Gasteiger partial charge in [-0.3, -0.25) is 4.48 Å². The Hall–Kier alpha value is -1.86. The molecule has 0 unspecified atom stereocenters. The van der Waals surface area contributed by atoms with Crippen LogP contribution in [-0.4, -0.2) is 34.2 Å². The van der Waals surface area contributed by atoms with Gasteiger partial charge in [-0.15, -0.1) is 0 Å². The molecule has 0 amide bonds. The summed E-state index contributed by atoms with van der Waals surface area (Å²) in [7, 11) is 7.27. The van der Waals surface area contributed by atoms with Crippen LogP contribution < -0.4 is 4.48 Å². The summed E-state index contributed by atoms with van der Waals surface area (Å²) in [6, 6.07) is 7.16. The van der Waals surface area contributed by atoms with Crippen LogP contribution >= 0.6 is 0 Å². The molecule has 4 heteroatoms. The maximum Gasteiger partial charge on any atom is 0.339 e. The highest BCUT2D eigenvalue weighted by Gasteiger charge is 2.18. The van der Waals surface area contributed by atoms with Crippen molar-refractivity contribution < 1.29 is 9.53 Å². The standard InChI is InChI=1S/C12H15N2O2/c1-14(2,3)10-6-5-9(8-13)11(7-10)12(15)16-4/h5-7H,1-4H3/q+1. The van der Waals surface area contributed by atoms with Gasteiger partial charge in [0.15, 0.2) is 0 Å². The molecule has 0 N–H and O–H groups in total. The molecule has 84 valence electrons. The highest BCUT2D eigenvalue weighted by molar-refractivity contribution is 5.93. The summed E-state index contributed by atoms with van der Waals surface area (Å²) < 4.78 is 5.23. The van der Waals surface area contributed by atoms with Gasteiger partial charge in [0, 0.05) is 12.1 Å². The molecule has 0 bridgehead atoms. The molecule has 0 spiro atoms. The molecule has 0 aliphatic heterocycles. The lowest BCUT2D eigenvalue weighted by molar-refractivity contribution is 0.0600. The van der Waals surface area contributed by atoms with Gasteiger partial charge >= 0.3 is 5.97 Å². The summed E-state index contributed by atoms with van der Waals surface area (Å²) in [6.07, 6.45) is 0. The van der Waals surface area contributed by atoms with E-state index in [1.807, 2.05) is 33.3 Å². The van der Waals surface area contributed by atoms with Gasteiger partial charge in [-0.1, -0.05) is 0 Å². The summed E-state index contributed by atoms with van der Waals surface area (Å²) in [5.74, 6) is -0.480. The van der Waals surface area contributed by atoms with Gasteiger partial charge in [0.25, 0.3) is 0 Å². The molecule has 4 nitrogen and oxygen atoms in total. The van der Waals surface area contributed by atoms with Gasteiger partial charge < -0.3 is 4.74 Å². The first-order valence-electron chi connectivity index (χ1n) is 4.84. The molecule has 0 saturated heterocycles. The van der Waals surface area contributed by atoms with E-state index < -0.39 is 5.97 Å². The van der Waals surface area contributed by atoms with Gasteiger partial charge in [-0.05, 0) is 6.07 Å². The van der Waals surface area contributed by atoms with Gasteiger partial charge in [0.2, 0.25) is 0 Å². The molecular weight excluding hydrogens is 204 g/mol. The summed E-state index contributed by atoms with van der Waals surface area (Å²) in [4.78, 5) is 11.5. The zero-order chi connectivity index (χ0) is 12.3. The predicted octanol–water partition coefficient (Wildman–Crippen LogP) is 1.54. The third-order valence-corrected chi connectivity index (χ3v) is 2.30. The second kappa shape index (κ2) is 4.33. The summed E-state index contributed by atoms with van der Waals surface area (Å²) in [5, 5.41) is 8.89. The zero-order valence-corrected chi connectivity index (χ0v) is 9.94. The normalized spacial score (nSPS) is 10.7. The van der Waals surface area contributed by atoms with Crippen LogP contribution in [0.25, 0.3) is 0 Å². The number of carbonyl (C=O) groups is 1. The van der Waals surface area contributed by atoms with E-state index >= 15 is 0 Å². The van der Waals surface area contributed by atoms with Crippen LogP contribution in [0, 0.1) is 11.3 Å². The zero-order valence-electron chi connectivity index (χ0n) is 9.94. The van der Waals surface area contributed by atoms with Crippen molar-refractivity contribution in [1.82, 2.24) is 4.48 Å². The fraction of sp³-hybridized carbons (Fsp3) is 0.333. The Bertz CT molecular complexity index is 453. The van der Waals surface area contributed by atoms with Gasteiger partial charge in [0.05, 0.1) is 39.4 Å². The Morgan fingerprint density at radius 3 is 2.44 bits per heavy atom. The Kier molecular flexibility index (Phi) is 3.31. The Balaban J connectivity index is 3.34. The number of carbonyl (C=O) groups excluding carboxylic acids is 1. The number of nitrogens with zero attached hydrogens (tertiary/aromatic N) is 2. The number of ether oxygens (including phenoxy) is 1. The highest BCUT2D eigenvalue weighted by Crippen LogP contribution is 2.21. The molecule has 1 aromatic carbocycles. The van der Waals surface area contributed by atoms with Crippen molar-refractivity contribution in [3.05, 3.63) is 29.3 Å². The summed E-state index contributed by atoms with van der Waals surface area (Å²) in [5.41, 5.74) is 1.60. The first-order chi connectivity index (χ1) is 7.40. The fourth-order valence-corrected chi connectivity index (χ4v) is 1.33. The Morgan fingerprint density at radius 2 is 2.00 bits per heavy atom. The number of hydrogen-bond acceptors (Lipinski definition) is 3. The maximum atomic E-state index is 11.5. The van der Waals surface area contributed by atoms with E-state index in [9.17, 15) is 4.79 Å². The van der Waals surface area contributed by atoms with E-state index in [2.05, 4.69) is 4.74 Å². The first kappa shape index (κ1) is 12.2. The lowest BCUT2D eigenvalue weighted by atomic mass is 10.1. The van der Waals surface area contributed by atoms with E-state index in [-0.39, 0.29) is 0 Å². The molecule has 0 atom stereocenters. The van der Waals surface area contributed by atoms with Gasteiger partial charge in [0.1, 0.15) is 11.8 Å². The lowest BCUT2D eigenvalue weighted by Crippen LogP contribution is -2.34. The van der Waals surface area contributed by atoms with Crippen LogP contribution in [0.2, 0.25) is 0 Å². The van der Waals surface area contributed by atoms with Crippen molar-refractivity contribution in [2.75, 3.05) is 28.3 Å². The van der Waals surface area contributed by atoms with E-state index in [1.165, 1.54) is 7.11 Å².